The number of nitrogens with zero attached hydrogens (tertiary/aromatic N) is 1. The Balaban J connectivity index is 1.89. The third-order valence-electron chi connectivity index (χ3n) is 2.86. The summed E-state index contributed by atoms with van der Waals surface area (Å²) in [7, 11) is 0. The van der Waals surface area contributed by atoms with Crippen LogP contribution < -0.4 is 10.6 Å². The third-order valence-corrected chi connectivity index (χ3v) is 3.58. The molecule has 2 amide bonds. The molecule has 0 aliphatic carbocycles. The van der Waals surface area contributed by atoms with Gasteiger partial charge in [-0.15, -0.1) is 0 Å². The van der Waals surface area contributed by atoms with Crippen molar-refractivity contribution in [1.29, 1.82) is 0 Å². The molecule has 0 fully saturated rings. The van der Waals surface area contributed by atoms with E-state index in [1.165, 1.54) is 12.3 Å². The Morgan fingerprint density at radius 3 is 2.68 bits per heavy atom. The predicted molar refractivity (Wildman–Crippen MR) is 89.1 cm³/mol. The van der Waals surface area contributed by atoms with Crippen molar-refractivity contribution < 1.29 is 9.59 Å². The van der Waals surface area contributed by atoms with Crippen molar-refractivity contribution in [3.05, 3.63) is 57.3 Å². The van der Waals surface area contributed by atoms with E-state index in [1.807, 2.05) is 19.1 Å². The SMILES string of the molecule is Cc1cc(Br)ccc1NC(=O)CNC(=O)c1ccc(Cl)nc1. The Hall–Kier alpha value is -1.92. The van der Waals surface area contributed by atoms with Gasteiger partial charge in [-0.25, -0.2) is 4.98 Å². The molecule has 0 atom stereocenters. The predicted octanol–water partition coefficient (Wildman–Crippen LogP) is 3.17. The van der Waals surface area contributed by atoms with Gasteiger partial charge in [-0.2, -0.15) is 0 Å². The molecule has 1 aromatic carbocycles. The van der Waals surface area contributed by atoms with Crippen molar-refractivity contribution in [3.8, 4) is 0 Å². The summed E-state index contributed by atoms with van der Waals surface area (Å²) in [6, 6.07) is 8.58. The van der Waals surface area contributed by atoms with Crippen molar-refractivity contribution in [2.24, 2.45) is 0 Å². The van der Waals surface area contributed by atoms with Gasteiger partial charge in [-0.3, -0.25) is 9.59 Å². The Bertz CT molecular complexity index is 704. The monoisotopic (exact) mass is 381 g/mol. The Kier molecular flexibility index (Phi) is 5.51. The number of nitrogens with one attached hydrogen (secondary N) is 2. The van der Waals surface area contributed by atoms with Gasteiger partial charge >= 0.3 is 0 Å². The fraction of sp³-hybridized carbons (Fsp3) is 0.133. The van der Waals surface area contributed by atoms with Crippen molar-refractivity contribution >= 4 is 45.0 Å². The summed E-state index contributed by atoms with van der Waals surface area (Å²) in [5.74, 6) is -0.687. The van der Waals surface area contributed by atoms with Gasteiger partial charge in [0.25, 0.3) is 5.91 Å². The zero-order chi connectivity index (χ0) is 16.1. The first-order valence-corrected chi connectivity index (χ1v) is 7.58. The third kappa shape index (κ3) is 4.54. The standard InChI is InChI=1S/C15H13BrClN3O2/c1-9-6-11(16)3-4-12(9)20-14(21)8-19-15(22)10-2-5-13(17)18-7-10/h2-7H,8H2,1H3,(H,19,22)(H,20,21). The van der Waals surface area contributed by atoms with Crippen molar-refractivity contribution in [1.82, 2.24) is 10.3 Å². The first-order valence-electron chi connectivity index (χ1n) is 6.41. The molecule has 5 nitrogen and oxygen atoms in total. The second kappa shape index (κ2) is 7.38. The lowest BCUT2D eigenvalue weighted by Gasteiger charge is -2.09. The number of anilines is 1. The maximum absolute atomic E-state index is 11.9. The number of hydrogen-bond acceptors (Lipinski definition) is 3. The number of carbonyl (C=O) groups is 2. The van der Waals surface area contributed by atoms with Crippen LogP contribution in [0.1, 0.15) is 15.9 Å². The molecule has 7 heteroatoms. The van der Waals surface area contributed by atoms with E-state index >= 15 is 0 Å². The van der Waals surface area contributed by atoms with Gasteiger partial charge in [-0.05, 0) is 42.8 Å². The number of rotatable bonds is 4. The normalized spacial score (nSPS) is 10.1. The largest absolute Gasteiger partial charge is 0.343 e. The molecule has 0 bridgehead atoms. The minimum Gasteiger partial charge on any atom is -0.343 e. The van der Waals surface area contributed by atoms with E-state index in [1.54, 1.807) is 12.1 Å². The average Bonchev–Trinajstić information content (AvgIpc) is 2.48. The number of pyridine rings is 1. The Labute approximate surface area is 141 Å². The van der Waals surface area contributed by atoms with E-state index in [4.69, 9.17) is 11.6 Å². The summed E-state index contributed by atoms with van der Waals surface area (Å²) >= 11 is 9.01. The molecule has 2 N–H and O–H groups in total. The van der Waals surface area contributed by atoms with Gasteiger partial charge in [0.1, 0.15) is 5.15 Å². The number of aromatic nitrogens is 1. The van der Waals surface area contributed by atoms with Gasteiger partial charge in [0.15, 0.2) is 0 Å². The van der Waals surface area contributed by atoms with Crippen LogP contribution in [0.3, 0.4) is 0 Å². The molecule has 0 saturated carbocycles. The zero-order valence-corrected chi connectivity index (χ0v) is 14.0. The molecule has 0 saturated heterocycles. The minimum absolute atomic E-state index is 0.128. The first-order chi connectivity index (χ1) is 10.5. The molecule has 0 aliphatic rings. The summed E-state index contributed by atoms with van der Waals surface area (Å²) in [5, 5.41) is 5.57. The summed E-state index contributed by atoms with van der Waals surface area (Å²) in [4.78, 5) is 27.5. The van der Waals surface area contributed by atoms with Gasteiger partial charge in [0.2, 0.25) is 5.91 Å². The molecule has 1 aromatic heterocycles. The lowest BCUT2D eigenvalue weighted by atomic mass is 10.2. The summed E-state index contributed by atoms with van der Waals surface area (Å²) < 4.78 is 0.937. The number of carbonyl (C=O) groups excluding carboxylic acids is 2. The Morgan fingerprint density at radius 2 is 2.05 bits per heavy atom. The fourth-order valence-electron chi connectivity index (χ4n) is 1.73. The summed E-state index contributed by atoms with van der Waals surface area (Å²) in [5.41, 5.74) is 1.98. The van der Waals surface area contributed by atoms with Crippen LogP contribution in [0.25, 0.3) is 0 Å². The van der Waals surface area contributed by atoms with E-state index in [0.717, 1.165) is 10.0 Å². The van der Waals surface area contributed by atoms with Crippen LogP contribution >= 0.6 is 27.5 Å². The van der Waals surface area contributed by atoms with Crippen LogP contribution in [0.5, 0.6) is 0 Å². The van der Waals surface area contributed by atoms with E-state index in [-0.39, 0.29) is 18.4 Å². The van der Waals surface area contributed by atoms with Crippen LogP contribution in [0, 0.1) is 6.92 Å². The van der Waals surface area contributed by atoms with Crippen molar-refractivity contribution in [2.75, 3.05) is 11.9 Å². The lowest BCUT2D eigenvalue weighted by molar-refractivity contribution is -0.115. The molecule has 0 unspecified atom stereocenters. The molecular formula is C15H13BrClN3O2. The number of halogens is 2. The van der Waals surface area contributed by atoms with Crippen molar-refractivity contribution in [3.63, 3.8) is 0 Å². The number of hydrogen-bond donors (Lipinski definition) is 2. The fourth-order valence-corrected chi connectivity index (χ4v) is 2.32. The van der Waals surface area contributed by atoms with E-state index in [0.29, 0.717) is 16.4 Å². The molecular weight excluding hydrogens is 370 g/mol. The van der Waals surface area contributed by atoms with Crippen LogP contribution in [-0.4, -0.2) is 23.3 Å². The highest BCUT2D eigenvalue weighted by atomic mass is 79.9. The van der Waals surface area contributed by atoms with Crippen LogP contribution in [0.15, 0.2) is 41.0 Å². The van der Waals surface area contributed by atoms with Gasteiger partial charge in [0.05, 0.1) is 12.1 Å². The van der Waals surface area contributed by atoms with Gasteiger partial charge in [0, 0.05) is 16.4 Å². The maximum atomic E-state index is 11.9. The Morgan fingerprint density at radius 1 is 1.27 bits per heavy atom. The number of benzene rings is 1. The maximum Gasteiger partial charge on any atom is 0.253 e. The van der Waals surface area contributed by atoms with Gasteiger partial charge in [-0.1, -0.05) is 27.5 Å². The molecule has 0 spiro atoms. The van der Waals surface area contributed by atoms with E-state index in [2.05, 4.69) is 31.5 Å². The molecule has 2 aromatic rings. The quantitative estimate of drug-likeness (QED) is 0.798. The van der Waals surface area contributed by atoms with E-state index in [9.17, 15) is 9.59 Å². The van der Waals surface area contributed by atoms with Crippen LogP contribution in [0.2, 0.25) is 5.15 Å². The van der Waals surface area contributed by atoms with Gasteiger partial charge < -0.3 is 10.6 Å². The first kappa shape index (κ1) is 16.5. The van der Waals surface area contributed by atoms with Crippen LogP contribution in [0.4, 0.5) is 5.69 Å². The molecule has 114 valence electrons. The molecule has 22 heavy (non-hydrogen) atoms. The molecule has 1 heterocycles. The number of aryl methyl sites for hydroxylation is 1. The highest BCUT2D eigenvalue weighted by Crippen LogP contribution is 2.19. The molecule has 0 aliphatic heterocycles. The second-order valence-electron chi connectivity index (χ2n) is 4.56. The molecule has 2 rings (SSSR count). The average molecular weight is 383 g/mol. The van der Waals surface area contributed by atoms with E-state index < -0.39 is 0 Å². The highest BCUT2D eigenvalue weighted by Gasteiger charge is 2.09. The number of amides is 2. The van der Waals surface area contributed by atoms with Crippen molar-refractivity contribution in [2.45, 2.75) is 6.92 Å². The molecule has 0 radical (unpaired) electrons. The zero-order valence-electron chi connectivity index (χ0n) is 11.7. The topological polar surface area (TPSA) is 71.1 Å². The highest BCUT2D eigenvalue weighted by molar-refractivity contribution is 9.10. The lowest BCUT2D eigenvalue weighted by Crippen LogP contribution is -2.33. The summed E-state index contributed by atoms with van der Waals surface area (Å²) in [6.07, 6.45) is 1.36. The van der Waals surface area contributed by atoms with Crippen LogP contribution in [-0.2, 0) is 4.79 Å². The summed E-state index contributed by atoms with van der Waals surface area (Å²) in [6.45, 7) is 1.76. The smallest absolute Gasteiger partial charge is 0.253 e. The second-order valence-corrected chi connectivity index (χ2v) is 5.86. The minimum atomic E-state index is -0.383.